The van der Waals surface area contributed by atoms with Crippen molar-refractivity contribution >= 4 is 61.0 Å². The van der Waals surface area contributed by atoms with Gasteiger partial charge in [0.2, 0.25) is 0 Å². The van der Waals surface area contributed by atoms with Gasteiger partial charge in [0.05, 0.1) is 11.4 Å². The zero-order chi connectivity index (χ0) is 31.1. The lowest BCUT2D eigenvalue weighted by Crippen LogP contribution is -2.16. The molecule has 0 fully saturated rings. The number of anilines is 5. The van der Waals surface area contributed by atoms with Crippen LogP contribution < -0.4 is 9.80 Å². The van der Waals surface area contributed by atoms with Gasteiger partial charge in [-0.15, -0.1) is 0 Å². The van der Waals surface area contributed by atoms with Gasteiger partial charge in [-0.1, -0.05) is 86.7 Å². The molecule has 0 saturated carbocycles. The van der Waals surface area contributed by atoms with E-state index in [1.807, 2.05) is 12.4 Å². The fourth-order valence-corrected chi connectivity index (χ4v) is 6.31. The fourth-order valence-electron chi connectivity index (χ4n) is 6.31. The molecule has 0 spiro atoms. The molecule has 0 radical (unpaired) electrons. The molecule has 7 aromatic rings. The minimum absolute atomic E-state index is 0.572. The first-order valence-electron chi connectivity index (χ1n) is 15.8. The third kappa shape index (κ3) is 5.27. The number of hydrogen-bond acceptors (Lipinski definition) is 4. The van der Waals surface area contributed by atoms with Crippen molar-refractivity contribution in [1.29, 1.82) is 0 Å². The minimum atomic E-state index is 0.572. The van der Waals surface area contributed by atoms with Crippen LogP contribution in [0.25, 0.3) is 32.3 Å². The second kappa shape index (κ2) is 11.7. The number of allylic oxidation sites excluding steroid dienone is 2. The van der Waals surface area contributed by atoms with Crippen molar-refractivity contribution in [3.63, 3.8) is 0 Å². The van der Waals surface area contributed by atoms with E-state index in [1.165, 1.54) is 38.0 Å². The standard InChI is InChI=1S/C41H38N4/c1-27(2)11-14-30(5)44(38-23-12-28(3)25-42-38)36-21-17-31-16-20-35-37(22-18-32-15-19-34(36)40(31)41(32)35)45(33-9-7-6-8-10-33)39-24-13-29(4)26-43-39/h6-10,12-27H,11H2,1-5H3/b30-14+. The van der Waals surface area contributed by atoms with E-state index in [-0.39, 0.29) is 0 Å². The lowest BCUT2D eigenvalue weighted by Gasteiger charge is -2.29. The Bertz CT molecular complexity index is 2130. The van der Waals surface area contributed by atoms with Crippen molar-refractivity contribution in [2.24, 2.45) is 5.92 Å². The van der Waals surface area contributed by atoms with Gasteiger partial charge >= 0.3 is 0 Å². The van der Waals surface area contributed by atoms with Crippen molar-refractivity contribution in [3.8, 4) is 0 Å². The summed E-state index contributed by atoms with van der Waals surface area (Å²) in [6, 6.07) is 37.1. The van der Waals surface area contributed by atoms with Gasteiger partial charge in [-0.2, -0.15) is 0 Å². The number of hydrogen-bond donors (Lipinski definition) is 0. The third-order valence-corrected chi connectivity index (χ3v) is 8.60. The minimum Gasteiger partial charge on any atom is -0.299 e. The van der Waals surface area contributed by atoms with Crippen molar-refractivity contribution in [2.45, 2.75) is 41.0 Å². The lowest BCUT2D eigenvalue weighted by atomic mass is 9.92. The smallest absolute Gasteiger partial charge is 0.137 e. The highest BCUT2D eigenvalue weighted by Crippen LogP contribution is 2.46. The predicted octanol–water partition coefficient (Wildman–Crippen LogP) is 11.5. The average Bonchev–Trinajstić information content (AvgIpc) is 3.06. The highest BCUT2D eigenvalue weighted by atomic mass is 15.2. The number of rotatable bonds is 8. The van der Waals surface area contributed by atoms with Gasteiger partial charge in [0, 0.05) is 34.6 Å². The second-order valence-electron chi connectivity index (χ2n) is 12.5. The highest BCUT2D eigenvalue weighted by molar-refractivity contribution is 6.28. The van der Waals surface area contributed by atoms with Crippen LogP contribution >= 0.6 is 0 Å². The molecule has 0 saturated heterocycles. The first kappa shape index (κ1) is 28.5. The summed E-state index contributed by atoms with van der Waals surface area (Å²) in [5.74, 6) is 2.39. The molecule has 0 aliphatic rings. The number of nitrogens with zero attached hydrogens (tertiary/aromatic N) is 4. The van der Waals surface area contributed by atoms with Gasteiger partial charge in [-0.3, -0.25) is 9.80 Å². The van der Waals surface area contributed by atoms with Crippen LogP contribution in [0.3, 0.4) is 0 Å². The summed E-state index contributed by atoms with van der Waals surface area (Å²) in [6.07, 6.45) is 7.24. The topological polar surface area (TPSA) is 32.3 Å². The monoisotopic (exact) mass is 586 g/mol. The maximum Gasteiger partial charge on any atom is 0.137 e. The molecular weight excluding hydrogens is 548 g/mol. The molecule has 45 heavy (non-hydrogen) atoms. The Balaban J connectivity index is 1.49. The van der Waals surface area contributed by atoms with Crippen LogP contribution in [-0.2, 0) is 0 Å². The molecule has 4 nitrogen and oxygen atoms in total. The Kier molecular flexibility index (Phi) is 7.42. The van der Waals surface area contributed by atoms with Crippen LogP contribution in [0.2, 0.25) is 0 Å². The second-order valence-corrected chi connectivity index (χ2v) is 12.5. The Hall–Kier alpha value is -5.22. The molecule has 222 valence electrons. The molecule has 2 heterocycles. The number of benzene rings is 5. The van der Waals surface area contributed by atoms with E-state index in [9.17, 15) is 0 Å². The summed E-state index contributed by atoms with van der Waals surface area (Å²) in [5, 5.41) is 7.38. The summed E-state index contributed by atoms with van der Waals surface area (Å²) in [5.41, 5.74) is 6.78. The highest BCUT2D eigenvalue weighted by Gasteiger charge is 2.22. The van der Waals surface area contributed by atoms with E-state index in [1.54, 1.807) is 0 Å². The quantitative estimate of drug-likeness (QED) is 0.166. The van der Waals surface area contributed by atoms with E-state index in [2.05, 4.69) is 154 Å². The molecule has 4 heteroatoms. The Morgan fingerprint density at radius 3 is 1.78 bits per heavy atom. The molecule has 0 N–H and O–H groups in total. The molecule has 7 rings (SSSR count). The number of aryl methyl sites for hydroxylation is 2. The van der Waals surface area contributed by atoms with Crippen molar-refractivity contribution in [3.05, 3.63) is 138 Å². The van der Waals surface area contributed by atoms with Gasteiger partial charge in [0.15, 0.2) is 0 Å². The molecule has 5 aromatic carbocycles. The summed E-state index contributed by atoms with van der Waals surface area (Å²) < 4.78 is 0. The maximum atomic E-state index is 4.89. The van der Waals surface area contributed by atoms with Gasteiger partial charge in [-0.05, 0) is 102 Å². The third-order valence-electron chi connectivity index (χ3n) is 8.60. The van der Waals surface area contributed by atoms with Gasteiger partial charge in [-0.25, -0.2) is 9.97 Å². The van der Waals surface area contributed by atoms with Crippen molar-refractivity contribution in [2.75, 3.05) is 9.80 Å². The predicted molar refractivity (Wildman–Crippen MR) is 192 cm³/mol. The molecule has 0 unspecified atom stereocenters. The maximum absolute atomic E-state index is 4.89. The van der Waals surface area contributed by atoms with Crippen LogP contribution in [0.5, 0.6) is 0 Å². The first-order valence-corrected chi connectivity index (χ1v) is 15.8. The van der Waals surface area contributed by atoms with Crippen molar-refractivity contribution < 1.29 is 0 Å². The lowest BCUT2D eigenvalue weighted by molar-refractivity contribution is 0.660. The molecular formula is C41H38N4. The summed E-state index contributed by atoms with van der Waals surface area (Å²) in [4.78, 5) is 14.4. The van der Waals surface area contributed by atoms with Crippen molar-refractivity contribution in [1.82, 2.24) is 9.97 Å². The molecule has 0 atom stereocenters. The Morgan fingerprint density at radius 2 is 1.20 bits per heavy atom. The van der Waals surface area contributed by atoms with E-state index in [0.717, 1.165) is 46.2 Å². The Labute approximate surface area is 265 Å². The number of para-hydroxylation sites is 1. The fraction of sp³-hybridized carbons (Fsp3) is 0.171. The summed E-state index contributed by atoms with van der Waals surface area (Å²) in [6.45, 7) is 10.9. The van der Waals surface area contributed by atoms with E-state index < -0.39 is 0 Å². The van der Waals surface area contributed by atoms with Gasteiger partial charge in [0.1, 0.15) is 11.6 Å². The summed E-state index contributed by atoms with van der Waals surface area (Å²) in [7, 11) is 0. The van der Waals surface area contributed by atoms with E-state index in [0.29, 0.717) is 5.92 Å². The molecule has 0 aliphatic carbocycles. The van der Waals surface area contributed by atoms with Crippen LogP contribution in [0.1, 0.15) is 38.3 Å². The van der Waals surface area contributed by atoms with Crippen LogP contribution in [0.15, 0.2) is 127 Å². The zero-order valence-electron chi connectivity index (χ0n) is 26.6. The number of pyridine rings is 2. The normalized spacial score (nSPS) is 12.1. The zero-order valence-corrected chi connectivity index (χ0v) is 26.6. The molecule has 2 aromatic heterocycles. The average molecular weight is 587 g/mol. The van der Waals surface area contributed by atoms with Crippen LogP contribution in [-0.4, -0.2) is 9.97 Å². The van der Waals surface area contributed by atoms with E-state index in [4.69, 9.17) is 9.97 Å². The first-order chi connectivity index (χ1) is 21.9. The van der Waals surface area contributed by atoms with Crippen LogP contribution in [0.4, 0.5) is 28.7 Å². The molecule has 0 bridgehead atoms. The Morgan fingerprint density at radius 1 is 0.644 bits per heavy atom. The SMILES string of the molecule is C/C(=C\CC(C)C)N(c1ccc(C)cn1)c1ccc2ccc3c(N(c4ccccc4)c4ccc(C)cn4)ccc4ccc1c2c43. The van der Waals surface area contributed by atoms with Crippen LogP contribution in [0, 0.1) is 19.8 Å². The molecule has 0 aliphatic heterocycles. The van der Waals surface area contributed by atoms with Gasteiger partial charge < -0.3 is 0 Å². The van der Waals surface area contributed by atoms with Gasteiger partial charge in [0.25, 0.3) is 0 Å². The van der Waals surface area contributed by atoms with E-state index >= 15 is 0 Å². The number of aromatic nitrogens is 2. The summed E-state index contributed by atoms with van der Waals surface area (Å²) >= 11 is 0. The molecule has 0 amide bonds. The largest absolute Gasteiger partial charge is 0.299 e.